The average molecular weight is 733 g/mol. The van der Waals surface area contributed by atoms with Crippen LogP contribution in [0.5, 0.6) is 0 Å². The number of hydrogen-bond acceptors (Lipinski definition) is 8. The fourth-order valence-corrected chi connectivity index (χ4v) is 6.43. The van der Waals surface area contributed by atoms with Gasteiger partial charge >= 0.3 is 0 Å². The highest BCUT2D eigenvalue weighted by Gasteiger charge is 2.46. The summed E-state index contributed by atoms with van der Waals surface area (Å²) in [7, 11) is 0. The van der Waals surface area contributed by atoms with E-state index in [0.29, 0.717) is 32.8 Å². The van der Waals surface area contributed by atoms with Gasteiger partial charge in [-0.2, -0.15) is 0 Å². The Labute approximate surface area is 319 Å². The Morgan fingerprint density at radius 1 is 0.519 bits per heavy atom. The summed E-state index contributed by atoms with van der Waals surface area (Å²) in [5.41, 5.74) is 5.15. The molecule has 6 rings (SSSR count). The molecular weight excluding hydrogens is 680 g/mol. The first-order valence-corrected chi connectivity index (χ1v) is 18.8. The molecule has 0 spiro atoms. The van der Waals surface area contributed by atoms with Crippen LogP contribution in [-0.2, 0) is 66.2 Å². The van der Waals surface area contributed by atoms with Crippen LogP contribution in [0, 0.1) is 0 Å². The number of aliphatic hydroxyl groups is 1. The first kappa shape index (κ1) is 39.5. The molecule has 5 aromatic carbocycles. The molecule has 1 heterocycles. The molecule has 284 valence electrons. The zero-order valence-electron chi connectivity index (χ0n) is 30.9. The third-order valence-corrected chi connectivity index (χ3v) is 9.43. The van der Waals surface area contributed by atoms with Gasteiger partial charge in [-0.1, -0.05) is 159 Å². The Bertz CT molecular complexity index is 1710. The van der Waals surface area contributed by atoms with E-state index in [1.165, 1.54) is 0 Å². The van der Waals surface area contributed by atoms with Crippen molar-refractivity contribution in [3.05, 3.63) is 179 Å². The van der Waals surface area contributed by atoms with E-state index in [9.17, 15) is 5.11 Å². The van der Waals surface area contributed by atoms with Gasteiger partial charge in [0.2, 0.25) is 0 Å². The van der Waals surface area contributed by atoms with Crippen LogP contribution in [-0.4, -0.2) is 61.2 Å². The summed E-state index contributed by atoms with van der Waals surface area (Å²) in [5.74, 6) is 0. The zero-order chi connectivity index (χ0) is 37.2. The summed E-state index contributed by atoms with van der Waals surface area (Å²) >= 11 is 0. The maximum Gasteiger partial charge on any atom is 0.187 e. The van der Waals surface area contributed by atoms with Crippen LogP contribution in [0.3, 0.4) is 0 Å². The first-order chi connectivity index (χ1) is 26.7. The molecule has 4 unspecified atom stereocenters. The Hall–Kier alpha value is -4.22. The highest BCUT2D eigenvalue weighted by atomic mass is 16.7. The lowest BCUT2D eigenvalue weighted by molar-refractivity contribution is -0.221. The van der Waals surface area contributed by atoms with E-state index >= 15 is 0 Å². The van der Waals surface area contributed by atoms with Crippen LogP contribution in [0.1, 0.15) is 41.2 Å². The molecule has 0 bridgehead atoms. The zero-order valence-corrected chi connectivity index (χ0v) is 30.9. The summed E-state index contributed by atoms with van der Waals surface area (Å²) in [5, 5.41) is 11.5. The van der Waals surface area contributed by atoms with Crippen molar-refractivity contribution in [1.29, 1.82) is 0 Å². The minimum absolute atomic E-state index is 0.0949. The van der Waals surface area contributed by atoms with Crippen LogP contribution in [0.25, 0.3) is 0 Å². The van der Waals surface area contributed by atoms with Crippen molar-refractivity contribution in [3.63, 3.8) is 0 Å². The second-order valence-electron chi connectivity index (χ2n) is 13.5. The summed E-state index contributed by atoms with van der Waals surface area (Å²) in [6.45, 7) is 4.16. The van der Waals surface area contributed by atoms with E-state index in [1.54, 1.807) is 0 Å². The summed E-state index contributed by atoms with van der Waals surface area (Å²) in [6, 6.07) is 50.0. The quantitative estimate of drug-likeness (QED) is 0.0766. The maximum absolute atomic E-state index is 11.5. The fraction of sp³-hybridized carbons (Fsp3) is 0.348. The SMILES string of the molecule is CCC(OCc1ccccc1)C(OCc1ccccc1)C(CO[C@@H]1O[C@H](COCc2ccccc2)[C@H](O)C1OCc1ccccc1)OCc1ccccc1. The van der Waals surface area contributed by atoms with E-state index < -0.39 is 36.8 Å². The molecule has 1 fully saturated rings. The summed E-state index contributed by atoms with van der Waals surface area (Å²) in [6.07, 6.45) is -4.03. The van der Waals surface area contributed by atoms with Crippen molar-refractivity contribution < 1.29 is 38.3 Å². The lowest BCUT2D eigenvalue weighted by atomic mass is 10.0. The largest absolute Gasteiger partial charge is 0.387 e. The third-order valence-electron chi connectivity index (χ3n) is 9.43. The van der Waals surface area contributed by atoms with Crippen LogP contribution >= 0.6 is 0 Å². The fourth-order valence-electron chi connectivity index (χ4n) is 6.43. The van der Waals surface area contributed by atoms with Crippen molar-refractivity contribution in [2.75, 3.05) is 13.2 Å². The summed E-state index contributed by atoms with van der Waals surface area (Å²) < 4.78 is 45.3. The second kappa shape index (κ2) is 21.6. The lowest BCUT2D eigenvalue weighted by Crippen LogP contribution is -2.46. The Morgan fingerprint density at radius 2 is 0.944 bits per heavy atom. The molecule has 0 saturated carbocycles. The Morgan fingerprint density at radius 3 is 1.43 bits per heavy atom. The first-order valence-electron chi connectivity index (χ1n) is 18.8. The smallest absolute Gasteiger partial charge is 0.187 e. The molecule has 1 aliphatic rings. The minimum atomic E-state index is -0.985. The van der Waals surface area contributed by atoms with E-state index in [0.717, 1.165) is 27.8 Å². The van der Waals surface area contributed by atoms with E-state index in [-0.39, 0.29) is 25.9 Å². The average Bonchev–Trinajstić information content (AvgIpc) is 3.53. The molecule has 8 heteroatoms. The molecule has 0 radical (unpaired) electrons. The molecule has 5 aromatic rings. The molecule has 0 amide bonds. The molecule has 1 saturated heterocycles. The minimum Gasteiger partial charge on any atom is -0.387 e. The van der Waals surface area contributed by atoms with Crippen LogP contribution < -0.4 is 0 Å². The molecule has 54 heavy (non-hydrogen) atoms. The van der Waals surface area contributed by atoms with Gasteiger partial charge in [-0.05, 0) is 34.2 Å². The molecule has 1 N–H and O–H groups in total. The monoisotopic (exact) mass is 732 g/mol. The number of hydrogen-bond donors (Lipinski definition) is 1. The summed E-state index contributed by atoms with van der Waals surface area (Å²) in [4.78, 5) is 0. The van der Waals surface area contributed by atoms with Crippen molar-refractivity contribution in [1.82, 2.24) is 0 Å². The molecule has 0 aromatic heterocycles. The number of benzene rings is 5. The lowest BCUT2D eigenvalue weighted by Gasteiger charge is -2.34. The highest BCUT2D eigenvalue weighted by Crippen LogP contribution is 2.29. The van der Waals surface area contributed by atoms with Crippen molar-refractivity contribution >= 4 is 0 Å². The van der Waals surface area contributed by atoms with Crippen molar-refractivity contribution in [2.45, 2.75) is 89.3 Å². The number of aliphatic hydroxyl groups excluding tert-OH is 1. The second-order valence-corrected chi connectivity index (χ2v) is 13.5. The molecule has 0 aliphatic carbocycles. The number of ether oxygens (including phenoxy) is 7. The molecular formula is C46H52O8. The predicted octanol–water partition coefficient (Wildman–Crippen LogP) is 8.06. The maximum atomic E-state index is 11.5. The Kier molecular flexibility index (Phi) is 15.8. The standard InChI is InChI=1S/C46H52O8/c1-2-40(49-29-36-20-10-4-11-21-36)44(51-31-38-24-14-6-15-25-38)42(50-30-37-22-12-5-13-23-37)34-53-46-45(52-32-39-26-16-7-17-27-39)43(47)41(54-46)33-48-28-35-18-8-3-9-19-35/h3-27,40-47H,2,28-34H2,1H3/t40?,41-,42?,43+,44?,45?,46-/m1/s1. The van der Waals surface area contributed by atoms with Gasteiger partial charge in [0.25, 0.3) is 0 Å². The highest BCUT2D eigenvalue weighted by molar-refractivity contribution is 5.17. The van der Waals surface area contributed by atoms with Crippen LogP contribution in [0.15, 0.2) is 152 Å². The van der Waals surface area contributed by atoms with Gasteiger partial charge in [0.1, 0.15) is 30.5 Å². The van der Waals surface area contributed by atoms with Gasteiger partial charge in [-0.15, -0.1) is 0 Å². The topological polar surface area (TPSA) is 84.8 Å². The van der Waals surface area contributed by atoms with Crippen LogP contribution in [0.2, 0.25) is 0 Å². The van der Waals surface area contributed by atoms with Crippen molar-refractivity contribution in [2.24, 2.45) is 0 Å². The normalized spacial score (nSPS) is 20.0. The van der Waals surface area contributed by atoms with Crippen molar-refractivity contribution in [3.8, 4) is 0 Å². The van der Waals surface area contributed by atoms with Gasteiger partial charge in [-0.3, -0.25) is 0 Å². The Balaban J connectivity index is 1.21. The predicted molar refractivity (Wildman–Crippen MR) is 207 cm³/mol. The van der Waals surface area contributed by atoms with E-state index in [2.05, 4.69) is 19.1 Å². The third kappa shape index (κ3) is 12.1. The van der Waals surface area contributed by atoms with Gasteiger partial charge in [0.05, 0.1) is 52.4 Å². The number of rotatable bonds is 22. The van der Waals surface area contributed by atoms with Crippen LogP contribution in [0.4, 0.5) is 0 Å². The van der Waals surface area contributed by atoms with Gasteiger partial charge in [0.15, 0.2) is 6.29 Å². The molecule has 1 aliphatic heterocycles. The van der Waals surface area contributed by atoms with E-state index in [4.69, 9.17) is 33.2 Å². The van der Waals surface area contributed by atoms with Gasteiger partial charge < -0.3 is 38.3 Å². The van der Waals surface area contributed by atoms with Gasteiger partial charge in [0, 0.05) is 0 Å². The van der Waals surface area contributed by atoms with E-state index in [1.807, 2.05) is 140 Å². The van der Waals surface area contributed by atoms with Gasteiger partial charge in [-0.25, -0.2) is 0 Å². The molecule has 7 atom stereocenters. The molecule has 8 nitrogen and oxygen atoms in total.